The van der Waals surface area contributed by atoms with Crippen molar-refractivity contribution in [3.8, 4) is 0 Å². The van der Waals surface area contributed by atoms with Gasteiger partial charge in [-0.3, -0.25) is 33.8 Å². The third-order valence-corrected chi connectivity index (χ3v) is 6.95. The molecule has 5 amide bonds. The molecule has 12 N–H and O–H groups in total. The summed E-state index contributed by atoms with van der Waals surface area (Å²) in [5.74, 6) is -4.00. The van der Waals surface area contributed by atoms with Gasteiger partial charge in [-0.25, -0.2) is 0 Å². The summed E-state index contributed by atoms with van der Waals surface area (Å²) >= 11 is 0. The van der Waals surface area contributed by atoms with Crippen molar-refractivity contribution >= 4 is 41.5 Å². The molecule has 0 bridgehead atoms. The number of carbonyl (C=O) groups excluding carboxylic acids is 5. The van der Waals surface area contributed by atoms with Gasteiger partial charge < -0.3 is 48.9 Å². The number of primary amides is 1. The first-order valence-corrected chi connectivity index (χ1v) is 14.5. The summed E-state index contributed by atoms with van der Waals surface area (Å²) < 4.78 is 0. The third kappa shape index (κ3) is 14.2. The van der Waals surface area contributed by atoms with Crippen molar-refractivity contribution in [2.75, 3.05) is 13.1 Å². The molecule has 1 heterocycles. The van der Waals surface area contributed by atoms with Gasteiger partial charge in [0.05, 0.1) is 6.04 Å². The number of nitrogens with two attached hydrogens (primary N) is 4. The highest BCUT2D eigenvalue weighted by Gasteiger charge is 2.40. The highest BCUT2D eigenvalue weighted by molar-refractivity contribution is 5.96. The summed E-state index contributed by atoms with van der Waals surface area (Å²) in [5.41, 5.74) is 21.9. The zero-order valence-electron chi connectivity index (χ0n) is 26.1. The quantitative estimate of drug-likeness (QED) is 0.0577. The van der Waals surface area contributed by atoms with Gasteiger partial charge in [0.2, 0.25) is 29.5 Å². The number of carbonyl (C=O) groups is 6. The van der Waals surface area contributed by atoms with Gasteiger partial charge in [-0.1, -0.05) is 34.1 Å². The van der Waals surface area contributed by atoms with E-state index in [1.165, 1.54) is 11.8 Å². The molecule has 16 heteroatoms. The van der Waals surface area contributed by atoms with Crippen LogP contribution in [0.5, 0.6) is 0 Å². The number of guanidine groups is 1. The van der Waals surface area contributed by atoms with Crippen LogP contribution in [0.1, 0.15) is 73.6 Å². The Morgan fingerprint density at radius 1 is 0.953 bits per heavy atom. The fourth-order valence-corrected chi connectivity index (χ4v) is 4.23. The Kier molecular flexibility index (Phi) is 17.5. The fraction of sp³-hybridized carbons (Fsp3) is 0.741. The summed E-state index contributed by atoms with van der Waals surface area (Å²) in [6.45, 7) is 10.5. The standard InChI is InChI=1S/C25H47N9O5.C2H4O2/c1-6-14(4)19(33-21(36)16(26)9-7-11-30-25(28)29)23(38)32-18(13(2)3)24(39)34-12-8-10-17(34)22(37)31-15(5)20(27)35;1-2(3)4/h13-19H,6-12,26H2,1-5H3,(H2,27,35)(H,31,37)(H,32,38)(H,33,36)(H4,28,29,30);1H3,(H,3,4)/t14-,15-,16-,17-,18-,19+;/m0./s1. The van der Waals surface area contributed by atoms with E-state index in [1.807, 2.05) is 13.8 Å². The molecule has 1 aliphatic rings. The number of aliphatic carboxylic acids is 1. The zero-order chi connectivity index (χ0) is 33.4. The highest BCUT2D eigenvalue weighted by Crippen LogP contribution is 2.21. The van der Waals surface area contributed by atoms with Crippen molar-refractivity contribution in [3.05, 3.63) is 0 Å². The van der Waals surface area contributed by atoms with E-state index in [4.69, 9.17) is 32.8 Å². The minimum atomic E-state index is -0.934. The van der Waals surface area contributed by atoms with E-state index in [-0.39, 0.29) is 17.8 Å². The number of aliphatic imine (C=N–C) groups is 1. The van der Waals surface area contributed by atoms with E-state index in [0.717, 1.165) is 6.92 Å². The molecular weight excluding hydrogens is 562 g/mol. The van der Waals surface area contributed by atoms with Crippen LogP contribution in [0.25, 0.3) is 0 Å². The average Bonchev–Trinajstić information content (AvgIpc) is 3.41. The Balaban J connectivity index is 0.00000413. The predicted octanol–water partition coefficient (Wildman–Crippen LogP) is -1.89. The van der Waals surface area contributed by atoms with Crippen molar-refractivity contribution < 1.29 is 33.9 Å². The second-order valence-electron chi connectivity index (χ2n) is 11.0. The minimum absolute atomic E-state index is 0.0446. The first-order valence-electron chi connectivity index (χ1n) is 14.5. The van der Waals surface area contributed by atoms with Crippen LogP contribution >= 0.6 is 0 Å². The molecule has 0 aromatic rings. The largest absolute Gasteiger partial charge is 0.481 e. The van der Waals surface area contributed by atoms with Crippen LogP contribution in [-0.4, -0.2) is 94.8 Å². The number of likely N-dealkylation sites (tertiary alicyclic amines) is 1. The molecule has 1 rings (SSSR count). The summed E-state index contributed by atoms with van der Waals surface area (Å²) in [6.07, 6.45) is 2.41. The lowest BCUT2D eigenvalue weighted by atomic mass is 9.95. The number of amides is 5. The van der Waals surface area contributed by atoms with Gasteiger partial charge in [0.1, 0.15) is 24.2 Å². The van der Waals surface area contributed by atoms with Crippen LogP contribution in [0, 0.1) is 11.8 Å². The zero-order valence-corrected chi connectivity index (χ0v) is 26.1. The van der Waals surface area contributed by atoms with Gasteiger partial charge in [-0.05, 0) is 44.4 Å². The van der Waals surface area contributed by atoms with Crippen LogP contribution in [-0.2, 0) is 28.8 Å². The van der Waals surface area contributed by atoms with Crippen molar-refractivity contribution in [3.63, 3.8) is 0 Å². The first-order chi connectivity index (χ1) is 19.9. The number of nitrogens with one attached hydrogen (secondary N) is 3. The van der Waals surface area contributed by atoms with Crippen molar-refractivity contribution in [1.29, 1.82) is 0 Å². The Bertz CT molecular complexity index is 997. The Morgan fingerprint density at radius 2 is 1.51 bits per heavy atom. The average molecular weight is 614 g/mol. The van der Waals surface area contributed by atoms with Crippen LogP contribution < -0.4 is 38.9 Å². The monoisotopic (exact) mass is 613 g/mol. The molecule has 43 heavy (non-hydrogen) atoms. The molecule has 1 fully saturated rings. The second-order valence-corrected chi connectivity index (χ2v) is 11.0. The van der Waals surface area contributed by atoms with Crippen LogP contribution in [0.15, 0.2) is 4.99 Å². The van der Waals surface area contributed by atoms with Gasteiger partial charge in [-0.15, -0.1) is 0 Å². The summed E-state index contributed by atoms with van der Waals surface area (Å²) in [4.78, 5) is 78.1. The second kappa shape index (κ2) is 19.3. The molecule has 246 valence electrons. The van der Waals surface area contributed by atoms with Crippen molar-refractivity contribution in [2.45, 2.75) is 104 Å². The fourth-order valence-electron chi connectivity index (χ4n) is 4.23. The number of hydrogen-bond donors (Lipinski definition) is 8. The number of carboxylic acids is 1. The molecule has 0 spiro atoms. The molecule has 0 aromatic heterocycles. The number of carboxylic acid groups (broad SMARTS) is 1. The Morgan fingerprint density at radius 3 is 2.00 bits per heavy atom. The van der Waals surface area contributed by atoms with Crippen molar-refractivity contribution in [1.82, 2.24) is 20.9 Å². The molecule has 0 radical (unpaired) electrons. The predicted molar refractivity (Wildman–Crippen MR) is 161 cm³/mol. The topological polar surface area (TPSA) is 278 Å². The number of hydrogen-bond acceptors (Lipinski definition) is 8. The van der Waals surface area contributed by atoms with E-state index >= 15 is 0 Å². The first kappa shape index (κ1) is 39.0. The summed E-state index contributed by atoms with van der Waals surface area (Å²) in [7, 11) is 0. The maximum atomic E-state index is 13.5. The van der Waals surface area contributed by atoms with Crippen LogP contribution in [0.3, 0.4) is 0 Å². The van der Waals surface area contributed by atoms with E-state index in [9.17, 15) is 24.0 Å². The van der Waals surface area contributed by atoms with E-state index in [1.54, 1.807) is 13.8 Å². The Hall–Kier alpha value is -3.95. The van der Waals surface area contributed by atoms with Gasteiger partial charge in [0.15, 0.2) is 5.96 Å². The maximum absolute atomic E-state index is 13.5. The molecule has 0 unspecified atom stereocenters. The van der Waals surface area contributed by atoms with Gasteiger partial charge in [0, 0.05) is 20.0 Å². The molecule has 6 atom stereocenters. The minimum Gasteiger partial charge on any atom is -0.481 e. The molecule has 1 saturated heterocycles. The lowest BCUT2D eigenvalue weighted by molar-refractivity contribution is -0.143. The molecule has 0 saturated carbocycles. The lowest BCUT2D eigenvalue weighted by Crippen LogP contribution is -2.60. The van der Waals surface area contributed by atoms with E-state index < -0.39 is 65.7 Å². The van der Waals surface area contributed by atoms with Gasteiger partial charge >= 0.3 is 0 Å². The molecule has 0 aliphatic carbocycles. The third-order valence-electron chi connectivity index (χ3n) is 6.95. The normalized spacial score (nSPS) is 17.7. The maximum Gasteiger partial charge on any atom is 0.300 e. The van der Waals surface area contributed by atoms with Gasteiger partial charge in [0.25, 0.3) is 5.97 Å². The SMILES string of the molecule is CC(=O)O.CC[C@H](C)[C@@H](NC(=O)[C@@H](N)CCCN=C(N)N)C(=O)N[C@H](C(=O)N1CCC[C@H]1C(=O)N[C@@H](C)C(N)=O)C(C)C. The summed E-state index contributed by atoms with van der Waals surface area (Å²) in [6, 6.07) is -4.38. The summed E-state index contributed by atoms with van der Waals surface area (Å²) in [5, 5.41) is 15.5. The van der Waals surface area contributed by atoms with E-state index in [0.29, 0.717) is 45.2 Å². The molecule has 0 aromatic carbocycles. The lowest BCUT2D eigenvalue weighted by Gasteiger charge is -2.32. The van der Waals surface area contributed by atoms with Crippen LogP contribution in [0.2, 0.25) is 0 Å². The molecule has 1 aliphatic heterocycles. The van der Waals surface area contributed by atoms with Gasteiger partial charge in [-0.2, -0.15) is 0 Å². The number of nitrogens with zero attached hydrogens (tertiary/aromatic N) is 2. The van der Waals surface area contributed by atoms with E-state index in [2.05, 4.69) is 20.9 Å². The highest BCUT2D eigenvalue weighted by atomic mass is 16.4. The Labute approximate surface area is 253 Å². The molecule has 16 nitrogen and oxygen atoms in total. The smallest absolute Gasteiger partial charge is 0.300 e. The number of rotatable bonds is 15. The van der Waals surface area contributed by atoms with Crippen molar-refractivity contribution in [2.24, 2.45) is 39.8 Å². The van der Waals surface area contributed by atoms with Crippen LogP contribution in [0.4, 0.5) is 0 Å². The molecular formula is C27H51N9O7.